The van der Waals surface area contributed by atoms with E-state index in [1.807, 2.05) is 24.3 Å². The van der Waals surface area contributed by atoms with Crippen LogP contribution in [0.4, 0.5) is 27.5 Å². The lowest BCUT2D eigenvalue weighted by Crippen LogP contribution is -2.66. The Balaban J connectivity index is 0.997. The standard InChI is InChI=1S/C32H42N6O5S/c1-22(39)34-32-19-23-17-24(20-32)30(25(18-23)21-32)33-31(40)43-38-16-15-37(28-5-3-4-6-29(28)38)27-9-7-26(8-10-27)35-11-13-36(14-12-35)44(2,41)42/h3-10,23-25,30H,11-21H2,1-2H3,(H,33,40)(H,34,39)/t23?,24-,25+,30?,32?. The number of hydrogen-bond donors (Lipinski definition) is 2. The number of amides is 2. The van der Waals surface area contributed by atoms with Crippen LogP contribution in [0.3, 0.4) is 0 Å². The van der Waals surface area contributed by atoms with Crippen molar-refractivity contribution in [2.75, 3.05) is 60.4 Å². The van der Waals surface area contributed by atoms with Gasteiger partial charge in [0.25, 0.3) is 0 Å². The molecule has 44 heavy (non-hydrogen) atoms. The summed E-state index contributed by atoms with van der Waals surface area (Å²) in [5.74, 6) is 1.37. The average molecular weight is 623 g/mol. The number of nitrogens with zero attached hydrogens (tertiary/aromatic N) is 4. The van der Waals surface area contributed by atoms with Crippen LogP contribution < -0.4 is 25.5 Å². The first kappa shape index (κ1) is 29.2. The highest BCUT2D eigenvalue weighted by Crippen LogP contribution is 2.55. The van der Waals surface area contributed by atoms with Gasteiger partial charge >= 0.3 is 6.09 Å². The molecule has 0 spiro atoms. The average Bonchev–Trinajstić information content (AvgIpc) is 2.98. The summed E-state index contributed by atoms with van der Waals surface area (Å²) in [5, 5.41) is 8.19. The van der Waals surface area contributed by atoms with E-state index in [0.29, 0.717) is 57.0 Å². The highest BCUT2D eigenvalue weighted by atomic mass is 32.2. The number of sulfonamides is 1. The van der Waals surface area contributed by atoms with Gasteiger partial charge in [0.05, 0.1) is 24.2 Å². The summed E-state index contributed by atoms with van der Waals surface area (Å²) in [6.45, 7) is 5.06. The van der Waals surface area contributed by atoms with Crippen molar-refractivity contribution in [3.8, 4) is 0 Å². The Morgan fingerprint density at radius 2 is 1.48 bits per heavy atom. The number of hydroxylamine groups is 1. The number of piperazine rings is 1. The molecule has 11 nitrogen and oxygen atoms in total. The van der Waals surface area contributed by atoms with Gasteiger partial charge in [0.15, 0.2) is 0 Å². The second-order valence-corrected chi connectivity index (χ2v) is 15.4. The smallest absolute Gasteiger partial charge is 0.369 e. The molecule has 6 aliphatic rings. The van der Waals surface area contributed by atoms with E-state index in [9.17, 15) is 18.0 Å². The van der Waals surface area contributed by atoms with Gasteiger partial charge in [-0.2, -0.15) is 4.31 Å². The highest BCUT2D eigenvalue weighted by Gasteiger charge is 2.56. The first-order valence-electron chi connectivity index (χ1n) is 15.8. The molecule has 2 aliphatic heterocycles. The van der Waals surface area contributed by atoms with Crippen LogP contribution in [0.1, 0.15) is 39.0 Å². The molecule has 1 saturated heterocycles. The van der Waals surface area contributed by atoms with Gasteiger partial charge in [-0.3, -0.25) is 4.79 Å². The zero-order valence-electron chi connectivity index (χ0n) is 25.4. The fourth-order valence-electron chi connectivity index (χ4n) is 8.87. The number of anilines is 4. The van der Waals surface area contributed by atoms with Gasteiger partial charge in [0.1, 0.15) is 0 Å². The third-order valence-electron chi connectivity index (χ3n) is 10.4. The van der Waals surface area contributed by atoms with Crippen molar-refractivity contribution in [1.82, 2.24) is 14.9 Å². The molecule has 4 bridgehead atoms. The molecule has 5 fully saturated rings. The summed E-state index contributed by atoms with van der Waals surface area (Å²) in [5.41, 5.74) is 3.81. The van der Waals surface area contributed by atoms with Crippen LogP contribution in [-0.2, 0) is 19.7 Å². The van der Waals surface area contributed by atoms with Gasteiger partial charge in [-0.15, -0.1) is 0 Å². The maximum atomic E-state index is 13.3. The molecular weight excluding hydrogens is 580 g/mol. The maximum Gasteiger partial charge on any atom is 0.431 e. The third kappa shape index (κ3) is 5.58. The number of carbonyl (C=O) groups is 2. The number of nitrogens with one attached hydrogen (secondary N) is 2. The Labute approximate surface area is 259 Å². The van der Waals surface area contributed by atoms with E-state index >= 15 is 0 Å². The van der Waals surface area contributed by atoms with E-state index < -0.39 is 16.1 Å². The van der Waals surface area contributed by atoms with Gasteiger partial charge in [0.2, 0.25) is 15.9 Å². The van der Waals surface area contributed by atoms with E-state index in [-0.39, 0.29) is 17.5 Å². The molecule has 4 saturated carbocycles. The number of benzene rings is 2. The van der Waals surface area contributed by atoms with Crippen molar-refractivity contribution in [1.29, 1.82) is 0 Å². The van der Waals surface area contributed by atoms with Gasteiger partial charge < -0.3 is 25.3 Å². The van der Waals surface area contributed by atoms with Crippen LogP contribution in [0, 0.1) is 17.8 Å². The summed E-state index contributed by atoms with van der Waals surface area (Å²) in [6, 6.07) is 16.4. The Morgan fingerprint density at radius 1 is 0.841 bits per heavy atom. The SMILES string of the molecule is CC(=O)NC12CC3C[C@H](C1)C(NC(=O)ON1CCN(c4ccc(N5CCN(S(C)(=O)=O)CC5)cc4)c4ccccc41)[C@@H](C3)C2. The second-order valence-electron chi connectivity index (χ2n) is 13.4. The summed E-state index contributed by atoms with van der Waals surface area (Å²) in [7, 11) is -3.16. The van der Waals surface area contributed by atoms with Crippen molar-refractivity contribution in [2.24, 2.45) is 17.8 Å². The lowest BCUT2D eigenvalue weighted by atomic mass is 9.51. The lowest BCUT2D eigenvalue weighted by Gasteiger charge is -2.60. The molecule has 8 rings (SSSR count). The van der Waals surface area contributed by atoms with Crippen LogP contribution in [-0.4, -0.2) is 81.8 Å². The van der Waals surface area contributed by atoms with Gasteiger partial charge in [-0.05, 0) is 86.3 Å². The normalized spacial score (nSPS) is 29.7. The first-order chi connectivity index (χ1) is 21.1. The van der Waals surface area contributed by atoms with E-state index in [4.69, 9.17) is 4.84 Å². The molecule has 4 aliphatic carbocycles. The van der Waals surface area contributed by atoms with Gasteiger partial charge in [-0.25, -0.2) is 18.3 Å². The summed E-state index contributed by atoms with van der Waals surface area (Å²) in [6.07, 6.45) is 5.94. The Kier molecular flexibility index (Phi) is 7.39. The number of fused-ring (bicyclic) bond motifs is 1. The van der Waals surface area contributed by atoms with E-state index in [1.54, 1.807) is 12.0 Å². The molecule has 2 aromatic rings. The molecule has 3 unspecified atom stereocenters. The van der Waals surface area contributed by atoms with Crippen molar-refractivity contribution in [3.05, 3.63) is 48.5 Å². The molecule has 5 atom stereocenters. The van der Waals surface area contributed by atoms with Crippen LogP contribution >= 0.6 is 0 Å². The molecular formula is C32H42N6O5S. The quantitative estimate of drug-likeness (QED) is 0.504. The Hall–Kier alpha value is -3.51. The van der Waals surface area contributed by atoms with Crippen LogP contribution in [0.5, 0.6) is 0 Å². The van der Waals surface area contributed by atoms with Crippen molar-refractivity contribution in [2.45, 2.75) is 50.6 Å². The van der Waals surface area contributed by atoms with E-state index in [0.717, 1.165) is 54.9 Å². The van der Waals surface area contributed by atoms with Gasteiger partial charge in [0, 0.05) is 62.6 Å². The minimum atomic E-state index is -3.16. The number of rotatable bonds is 6. The summed E-state index contributed by atoms with van der Waals surface area (Å²) < 4.78 is 25.3. The second kappa shape index (κ2) is 11.1. The minimum absolute atomic E-state index is 0.0367. The fourth-order valence-corrected chi connectivity index (χ4v) is 9.69. The lowest BCUT2D eigenvalue weighted by molar-refractivity contribution is -0.125. The zero-order chi connectivity index (χ0) is 30.6. The van der Waals surface area contributed by atoms with Crippen molar-refractivity contribution < 1.29 is 22.8 Å². The van der Waals surface area contributed by atoms with E-state index in [2.05, 4.69) is 44.7 Å². The van der Waals surface area contributed by atoms with Crippen LogP contribution in [0.2, 0.25) is 0 Å². The predicted molar refractivity (Wildman–Crippen MR) is 169 cm³/mol. The highest BCUT2D eigenvalue weighted by molar-refractivity contribution is 7.88. The largest absolute Gasteiger partial charge is 0.431 e. The topological polar surface area (TPSA) is 115 Å². The van der Waals surface area contributed by atoms with E-state index in [1.165, 1.54) is 10.6 Å². The van der Waals surface area contributed by atoms with Crippen LogP contribution in [0.25, 0.3) is 0 Å². The molecule has 2 amide bonds. The zero-order valence-corrected chi connectivity index (χ0v) is 26.3. The monoisotopic (exact) mass is 622 g/mol. The molecule has 0 aromatic heterocycles. The summed E-state index contributed by atoms with van der Waals surface area (Å²) >= 11 is 0. The third-order valence-corrected chi connectivity index (χ3v) is 11.7. The molecule has 236 valence electrons. The molecule has 12 heteroatoms. The molecule has 2 heterocycles. The Bertz CT molecular complexity index is 1510. The fraction of sp³-hybridized carbons (Fsp3) is 0.562. The summed E-state index contributed by atoms with van der Waals surface area (Å²) in [4.78, 5) is 35.6. The molecule has 0 radical (unpaired) electrons. The van der Waals surface area contributed by atoms with Crippen molar-refractivity contribution in [3.63, 3.8) is 0 Å². The number of hydrogen-bond acceptors (Lipinski definition) is 8. The minimum Gasteiger partial charge on any atom is -0.369 e. The first-order valence-corrected chi connectivity index (χ1v) is 17.6. The molecule has 2 N–H and O–H groups in total. The van der Waals surface area contributed by atoms with Crippen molar-refractivity contribution >= 4 is 44.8 Å². The predicted octanol–water partition coefficient (Wildman–Crippen LogP) is 3.45. The maximum absolute atomic E-state index is 13.3. The molecule has 2 aromatic carbocycles. The number of para-hydroxylation sites is 2. The number of carbonyl (C=O) groups excluding carboxylic acids is 2. The van der Waals surface area contributed by atoms with Crippen LogP contribution in [0.15, 0.2) is 48.5 Å². The Morgan fingerprint density at radius 3 is 2.11 bits per heavy atom. The van der Waals surface area contributed by atoms with Gasteiger partial charge in [-0.1, -0.05) is 12.1 Å².